The van der Waals surface area contributed by atoms with E-state index in [0.29, 0.717) is 11.2 Å². The van der Waals surface area contributed by atoms with Gasteiger partial charge < -0.3 is 10.3 Å². The first-order valence-corrected chi connectivity index (χ1v) is 6.44. The maximum Gasteiger partial charge on any atom is 0.123 e. The molecule has 1 saturated carbocycles. The quantitative estimate of drug-likeness (QED) is 0.896. The van der Waals surface area contributed by atoms with Crippen molar-refractivity contribution in [2.24, 2.45) is 5.41 Å². The van der Waals surface area contributed by atoms with Crippen LogP contribution in [-0.2, 0) is 6.54 Å². The minimum absolute atomic E-state index is 0.508. The summed E-state index contributed by atoms with van der Waals surface area (Å²) in [5.41, 5.74) is 8.47. The molecule has 0 bridgehead atoms. The van der Waals surface area contributed by atoms with Crippen LogP contribution in [-0.4, -0.2) is 14.5 Å². The highest BCUT2D eigenvalue weighted by atomic mass is 15.1. The Morgan fingerprint density at radius 3 is 2.94 bits per heavy atom. The highest BCUT2D eigenvalue weighted by Crippen LogP contribution is 2.50. The zero-order valence-electron chi connectivity index (χ0n) is 10.6. The summed E-state index contributed by atoms with van der Waals surface area (Å²) in [5.74, 6) is 0.553. The van der Waals surface area contributed by atoms with E-state index in [9.17, 15) is 0 Å². The van der Waals surface area contributed by atoms with Gasteiger partial charge in [-0.2, -0.15) is 0 Å². The molecule has 0 spiro atoms. The highest BCUT2D eigenvalue weighted by molar-refractivity contribution is 5.61. The Kier molecular flexibility index (Phi) is 2.58. The fraction of sp³-hybridized carbons (Fsp3) is 0.429. The highest BCUT2D eigenvalue weighted by Gasteiger charge is 2.41. The summed E-state index contributed by atoms with van der Waals surface area (Å²) >= 11 is 0. The number of nitrogens with zero attached hydrogens (tertiary/aromatic N) is 3. The van der Waals surface area contributed by atoms with Crippen molar-refractivity contribution >= 4 is 5.82 Å². The Morgan fingerprint density at radius 1 is 1.44 bits per heavy atom. The molecule has 18 heavy (non-hydrogen) atoms. The van der Waals surface area contributed by atoms with Crippen LogP contribution in [0.1, 0.15) is 26.2 Å². The summed E-state index contributed by atoms with van der Waals surface area (Å²) in [5, 5.41) is 0. The molecule has 1 fully saturated rings. The third-order valence-corrected chi connectivity index (χ3v) is 4.00. The van der Waals surface area contributed by atoms with Gasteiger partial charge in [0.15, 0.2) is 0 Å². The van der Waals surface area contributed by atoms with Gasteiger partial charge in [0, 0.05) is 18.3 Å². The fourth-order valence-corrected chi connectivity index (χ4v) is 2.46. The van der Waals surface area contributed by atoms with Crippen LogP contribution in [0, 0.1) is 5.41 Å². The van der Waals surface area contributed by atoms with Crippen molar-refractivity contribution in [2.45, 2.75) is 32.7 Å². The number of anilines is 1. The van der Waals surface area contributed by atoms with Gasteiger partial charge in [-0.05, 0) is 36.8 Å². The molecule has 3 rings (SSSR count). The van der Waals surface area contributed by atoms with Gasteiger partial charge in [0.25, 0.3) is 0 Å². The Labute approximate surface area is 107 Å². The molecule has 0 atom stereocenters. The van der Waals surface area contributed by atoms with Crippen LogP contribution in [0.5, 0.6) is 0 Å². The van der Waals surface area contributed by atoms with E-state index >= 15 is 0 Å². The molecule has 2 N–H and O–H groups in total. The first kappa shape index (κ1) is 11.3. The van der Waals surface area contributed by atoms with Crippen molar-refractivity contribution in [1.82, 2.24) is 14.5 Å². The van der Waals surface area contributed by atoms with Gasteiger partial charge in [0.05, 0.1) is 18.2 Å². The Morgan fingerprint density at radius 2 is 2.28 bits per heavy atom. The molecule has 94 valence electrons. The third kappa shape index (κ3) is 1.98. The lowest BCUT2D eigenvalue weighted by atomic mass is 10.0. The Hall–Kier alpha value is -1.84. The number of hydrogen-bond donors (Lipinski definition) is 1. The zero-order chi connectivity index (χ0) is 12.6. The molecule has 1 aliphatic carbocycles. The van der Waals surface area contributed by atoms with Crippen LogP contribution in [0.2, 0.25) is 0 Å². The topological polar surface area (TPSA) is 56.7 Å². The van der Waals surface area contributed by atoms with Crippen LogP contribution in [0.4, 0.5) is 5.82 Å². The molecule has 2 heterocycles. The molecule has 4 nitrogen and oxygen atoms in total. The average Bonchev–Trinajstić information content (AvgIpc) is 2.99. The van der Waals surface area contributed by atoms with Crippen LogP contribution in [0.25, 0.3) is 11.3 Å². The number of rotatable bonds is 4. The smallest absolute Gasteiger partial charge is 0.123 e. The maximum atomic E-state index is 5.74. The van der Waals surface area contributed by atoms with E-state index in [2.05, 4.69) is 21.5 Å². The summed E-state index contributed by atoms with van der Waals surface area (Å²) < 4.78 is 2.24. The average molecular weight is 242 g/mol. The summed E-state index contributed by atoms with van der Waals surface area (Å²) in [6.07, 6.45) is 9.47. The van der Waals surface area contributed by atoms with Gasteiger partial charge in [-0.3, -0.25) is 0 Å². The van der Waals surface area contributed by atoms with Crippen LogP contribution < -0.4 is 5.73 Å². The third-order valence-electron chi connectivity index (χ3n) is 4.00. The van der Waals surface area contributed by atoms with E-state index < -0.39 is 0 Å². The Bertz CT molecular complexity index is 554. The normalized spacial score (nSPS) is 16.7. The minimum Gasteiger partial charge on any atom is -0.384 e. The SMILES string of the molecule is CCC1(Cn2cncc2-c2ccnc(N)c2)CC1. The van der Waals surface area contributed by atoms with Crippen molar-refractivity contribution < 1.29 is 0 Å². The van der Waals surface area contributed by atoms with Crippen LogP contribution in [0.3, 0.4) is 0 Å². The molecule has 0 radical (unpaired) electrons. The number of nitrogens with two attached hydrogens (primary N) is 1. The summed E-state index contributed by atoms with van der Waals surface area (Å²) in [6.45, 7) is 3.33. The summed E-state index contributed by atoms with van der Waals surface area (Å²) in [7, 11) is 0. The van der Waals surface area contributed by atoms with E-state index in [1.54, 1.807) is 6.20 Å². The van der Waals surface area contributed by atoms with Gasteiger partial charge in [-0.25, -0.2) is 9.97 Å². The lowest BCUT2D eigenvalue weighted by Crippen LogP contribution is -2.10. The summed E-state index contributed by atoms with van der Waals surface area (Å²) in [6, 6.07) is 3.88. The lowest BCUT2D eigenvalue weighted by Gasteiger charge is -2.15. The molecule has 2 aromatic heterocycles. The van der Waals surface area contributed by atoms with Crippen molar-refractivity contribution in [3.05, 3.63) is 30.9 Å². The molecule has 0 saturated heterocycles. The second-order valence-corrected chi connectivity index (χ2v) is 5.23. The molecule has 1 aliphatic rings. The molecule has 4 heteroatoms. The van der Waals surface area contributed by atoms with Crippen molar-refractivity contribution in [2.75, 3.05) is 5.73 Å². The molecular weight excluding hydrogens is 224 g/mol. The van der Waals surface area contributed by atoms with Gasteiger partial charge in [-0.1, -0.05) is 6.92 Å². The monoisotopic (exact) mass is 242 g/mol. The van der Waals surface area contributed by atoms with E-state index in [1.165, 1.54) is 19.3 Å². The first-order valence-electron chi connectivity index (χ1n) is 6.44. The van der Waals surface area contributed by atoms with Crippen LogP contribution in [0.15, 0.2) is 30.9 Å². The van der Waals surface area contributed by atoms with Crippen molar-refractivity contribution in [3.63, 3.8) is 0 Å². The molecule has 0 unspecified atom stereocenters. The summed E-state index contributed by atoms with van der Waals surface area (Å²) in [4.78, 5) is 8.31. The number of aromatic nitrogens is 3. The number of nitrogen functional groups attached to an aromatic ring is 1. The largest absolute Gasteiger partial charge is 0.384 e. The van der Waals surface area contributed by atoms with Gasteiger partial charge in [0.2, 0.25) is 0 Å². The van der Waals surface area contributed by atoms with E-state index in [0.717, 1.165) is 17.8 Å². The van der Waals surface area contributed by atoms with E-state index in [1.807, 2.05) is 24.7 Å². The second kappa shape index (κ2) is 4.12. The Balaban J connectivity index is 1.92. The lowest BCUT2D eigenvalue weighted by molar-refractivity contribution is 0.411. The molecular formula is C14H18N4. The van der Waals surface area contributed by atoms with Crippen molar-refractivity contribution in [1.29, 1.82) is 0 Å². The predicted octanol–water partition coefficient (Wildman–Crippen LogP) is 2.72. The standard InChI is InChI=1S/C14H18N4/c1-2-14(4-5-14)9-18-10-16-8-12(18)11-3-6-17-13(15)7-11/h3,6-8,10H,2,4-5,9H2,1H3,(H2,15,17). The van der Waals surface area contributed by atoms with E-state index in [-0.39, 0.29) is 0 Å². The van der Waals surface area contributed by atoms with Gasteiger partial charge in [0.1, 0.15) is 5.82 Å². The van der Waals surface area contributed by atoms with Crippen LogP contribution >= 0.6 is 0 Å². The van der Waals surface area contributed by atoms with Gasteiger partial charge >= 0.3 is 0 Å². The second-order valence-electron chi connectivity index (χ2n) is 5.23. The number of imidazole rings is 1. The predicted molar refractivity (Wildman–Crippen MR) is 71.8 cm³/mol. The molecule has 0 amide bonds. The van der Waals surface area contributed by atoms with Gasteiger partial charge in [-0.15, -0.1) is 0 Å². The van der Waals surface area contributed by atoms with E-state index in [4.69, 9.17) is 5.73 Å². The first-order chi connectivity index (χ1) is 8.72. The molecule has 0 aliphatic heterocycles. The zero-order valence-corrected chi connectivity index (χ0v) is 10.6. The maximum absolute atomic E-state index is 5.74. The number of hydrogen-bond acceptors (Lipinski definition) is 3. The number of pyridine rings is 1. The fourth-order valence-electron chi connectivity index (χ4n) is 2.46. The molecule has 2 aromatic rings. The van der Waals surface area contributed by atoms with Crippen molar-refractivity contribution in [3.8, 4) is 11.3 Å². The minimum atomic E-state index is 0.508. The molecule has 0 aromatic carbocycles.